The van der Waals surface area contributed by atoms with Crippen LogP contribution in [0.5, 0.6) is 23.0 Å². The summed E-state index contributed by atoms with van der Waals surface area (Å²) >= 11 is 1.41. The molecule has 1 aliphatic heterocycles. The van der Waals surface area contributed by atoms with Crippen molar-refractivity contribution in [3.8, 4) is 23.0 Å². The van der Waals surface area contributed by atoms with E-state index in [4.69, 9.17) is 9.47 Å². The van der Waals surface area contributed by atoms with E-state index < -0.39 is 11.5 Å². The number of carbonyl (C=O) groups is 1. The van der Waals surface area contributed by atoms with Crippen LogP contribution in [0.3, 0.4) is 0 Å². The number of methoxy groups -OCH3 is 2. The van der Waals surface area contributed by atoms with E-state index in [2.05, 4.69) is 15.6 Å². The summed E-state index contributed by atoms with van der Waals surface area (Å²) in [6.07, 6.45) is 0.169. The van der Waals surface area contributed by atoms with Gasteiger partial charge in [-0.1, -0.05) is 11.3 Å². The highest BCUT2D eigenvalue weighted by Crippen LogP contribution is 2.52. The van der Waals surface area contributed by atoms with Gasteiger partial charge in [-0.05, 0) is 6.07 Å². The third kappa shape index (κ3) is 2.46. The van der Waals surface area contributed by atoms with Crippen molar-refractivity contribution in [2.75, 3.05) is 31.9 Å². The number of phenolic OH excluding ortho intramolecular Hbond substituents is 2. The van der Waals surface area contributed by atoms with Crippen LogP contribution >= 0.6 is 11.3 Å². The molecule has 1 aliphatic rings. The Bertz CT molecular complexity index is 805. The second kappa shape index (κ2) is 6.08. The van der Waals surface area contributed by atoms with Crippen molar-refractivity contribution < 1.29 is 24.5 Å². The molecule has 0 spiro atoms. The Balaban J connectivity index is 2.20. The van der Waals surface area contributed by atoms with Crippen molar-refractivity contribution in [3.05, 3.63) is 16.5 Å². The minimum absolute atomic E-state index is 0.106. The molecule has 0 aliphatic carbocycles. The van der Waals surface area contributed by atoms with E-state index in [1.807, 2.05) is 0 Å². The van der Waals surface area contributed by atoms with Crippen LogP contribution in [0.1, 0.15) is 22.8 Å². The van der Waals surface area contributed by atoms with E-state index in [1.165, 1.54) is 25.6 Å². The molecular formula is C15H17N3O5S. The summed E-state index contributed by atoms with van der Waals surface area (Å²) in [5, 5.41) is 26.5. The molecule has 9 heteroatoms. The van der Waals surface area contributed by atoms with Crippen LogP contribution in [0.2, 0.25) is 0 Å². The minimum Gasteiger partial charge on any atom is -0.502 e. The number of nitrogens with zero attached hydrogens (tertiary/aromatic N) is 1. The van der Waals surface area contributed by atoms with Crippen LogP contribution < -0.4 is 20.1 Å². The molecular weight excluding hydrogens is 334 g/mol. The second-order valence-corrected chi connectivity index (χ2v) is 6.22. The van der Waals surface area contributed by atoms with Crippen LogP contribution in [0.4, 0.5) is 10.9 Å². The number of anilines is 2. The van der Waals surface area contributed by atoms with Gasteiger partial charge in [0.05, 0.1) is 19.1 Å². The standard InChI is InChI=1S/C15H17N3O5S/c1-16-15-18-14-13(24-15)7(5-9(19)17-14)6-4-8(22-2)10(20)11(21)12(6)23-3/h4,7,20-21H,5H2,1-3H3,(H,16,18)(H,17,19)/t7-/m0/s1. The zero-order valence-electron chi connectivity index (χ0n) is 13.3. The van der Waals surface area contributed by atoms with Gasteiger partial charge in [0.1, 0.15) is 5.82 Å². The number of aromatic nitrogens is 1. The molecule has 0 saturated carbocycles. The summed E-state index contributed by atoms with van der Waals surface area (Å²) in [6.45, 7) is 0. The third-order valence-electron chi connectivity index (χ3n) is 3.85. The molecule has 4 N–H and O–H groups in total. The zero-order valence-corrected chi connectivity index (χ0v) is 14.2. The number of phenols is 2. The minimum atomic E-state index is -0.419. The molecule has 24 heavy (non-hydrogen) atoms. The number of thiazole rings is 1. The van der Waals surface area contributed by atoms with Gasteiger partial charge in [-0.2, -0.15) is 0 Å². The second-order valence-electron chi connectivity index (χ2n) is 5.19. The first-order valence-electron chi connectivity index (χ1n) is 7.15. The zero-order chi connectivity index (χ0) is 17.4. The van der Waals surface area contributed by atoms with Gasteiger partial charge in [-0.25, -0.2) is 4.98 Å². The lowest BCUT2D eigenvalue weighted by atomic mass is 9.90. The summed E-state index contributed by atoms with van der Waals surface area (Å²) in [5.74, 6) is -0.680. The van der Waals surface area contributed by atoms with E-state index in [0.29, 0.717) is 16.5 Å². The van der Waals surface area contributed by atoms with E-state index in [1.54, 1.807) is 13.1 Å². The number of ether oxygens (including phenoxy) is 2. The summed E-state index contributed by atoms with van der Waals surface area (Å²) in [4.78, 5) is 17.2. The van der Waals surface area contributed by atoms with Crippen molar-refractivity contribution >= 4 is 28.2 Å². The quantitative estimate of drug-likeness (QED) is 0.624. The van der Waals surface area contributed by atoms with Crippen LogP contribution in [-0.2, 0) is 4.79 Å². The summed E-state index contributed by atoms with van der Waals surface area (Å²) in [5.41, 5.74) is 0.548. The molecule has 0 unspecified atom stereocenters. The maximum atomic E-state index is 12.1. The lowest BCUT2D eigenvalue weighted by Crippen LogP contribution is -2.23. The Hall–Kier alpha value is -2.68. The van der Waals surface area contributed by atoms with Crippen molar-refractivity contribution in [2.45, 2.75) is 12.3 Å². The van der Waals surface area contributed by atoms with Gasteiger partial charge >= 0.3 is 0 Å². The van der Waals surface area contributed by atoms with Gasteiger partial charge in [0.25, 0.3) is 0 Å². The fourth-order valence-electron chi connectivity index (χ4n) is 2.74. The van der Waals surface area contributed by atoms with E-state index in [-0.39, 0.29) is 29.7 Å². The van der Waals surface area contributed by atoms with E-state index >= 15 is 0 Å². The first-order valence-corrected chi connectivity index (χ1v) is 7.96. The first-order chi connectivity index (χ1) is 11.5. The number of amides is 1. The lowest BCUT2D eigenvalue weighted by Gasteiger charge is -2.24. The predicted molar refractivity (Wildman–Crippen MR) is 89.6 cm³/mol. The van der Waals surface area contributed by atoms with Crippen molar-refractivity contribution in [3.63, 3.8) is 0 Å². The first kappa shape index (κ1) is 16.2. The Morgan fingerprint density at radius 2 is 2.08 bits per heavy atom. The Kier molecular flexibility index (Phi) is 4.10. The largest absolute Gasteiger partial charge is 0.502 e. The van der Waals surface area contributed by atoms with Gasteiger partial charge in [0.2, 0.25) is 17.4 Å². The number of hydrogen-bond donors (Lipinski definition) is 4. The molecule has 2 aromatic rings. The Morgan fingerprint density at radius 1 is 1.33 bits per heavy atom. The Morgan fingerprint density at radius 3 is 2.71 bits per heavy atom. The Labute approximate surface area is 142 Å². The van der Waals surface area contributed by atoms with Crippen molar-refractivity contribution in [2.24, 2.45) is 0 Å². The number of carbonyl (C=O) groups excluding carboxylic acids is 1. The molecule has 0 saturated heterocycles. The molecule has 8 nitrogen and oxygen atoms in total. The fourth-order valence-corrected chi connectivity index (χ4v) is 3.74. The normalized spacial score (nSPS) is 16.3. The van der Waals surface area contributed by atoms with Gasteiger partial charge in [-0.3, -0.25) is 4.79 Å². The number of hydrogen-bond acceptors (Lipinski definition) is 8. The highest BCUT2D eigenvalue weighted by Gasteiger charge is 2.34. The summed E-state index contributed by atoms with van der Waals surface area (Å²) < 4.78 is 10.4. The molecule has 1 amide bonds. The number of fused-ring (bicyclic) bond motifs is 1. The van der Waals surface area contributed by atoms with Crippen LogP contribution in [0, 0.1) is 0 Å². The molecule has 128 valence electrons. The van der Waals surface area contributed by atoms with Crippen molar-refractivity contribution in [1.29, 1.82) is 0 Å². The van der Waals surface area contributed by atoms with Crippen LogP contribution in [-0.4, -0.2) is 42.4 Å². The highest BCUT2D eigenvalue weighted by molar-refractivity contribution is 7.16. The van der Waals surface area contributed by atoms with Gasteiger partial charge < -0.3 is 30.3 Å². The molecule has 0 radical (unpaired) electrons. The molecule has 2 heterocycles. The smallest absolute Gasteiger partial charge is 0.226 e. The van der Waals surface area contributed by atoms with E-state index in [0.717, 1.165) is 4.88 Å². The fraction of sp³-hybridized carbons (Fsp3) is 0.333. The number of aromatic hydroxyl groups is 2. The molecule has 0 fully saturated rings. The average Bonchev–Trinajstić information content (AvgIpc) is 2.99. The summed E-state index contributed by atoms with van der Waals surface area (Å²) in [7, 11) is 4.52. The van der Waals surface area contributed by atoms with Crippen LogP contribution in [0.15, 0.2) is 6.07 Å². The third-order valence-corrected chi connectivity index (χ3v) is 5.04. The number of nitrogens with one attached hydrogen (secondary N) is 2. The monoisotopic (exact) mass is 351 g/mol. The average molecular weight is 351 g/mol. The molecule has 1 aromatic carbocycles. The van der Waals surface area contributed by atoms with Gasteiger partial charge in [0.15, 0.2) is 16.6 Å². The molecule has 0 bridgehead atoms. The topological polar surface area (TPSA) is 113 Å². The number of rotatable bonds is 4. The lowest BCUT2D eigenvalue weighted by molar-refractivity contribution is -0.116. The molecule has 1 atom stereocenters. The maximum Gasteiger partial charge on any atom is 0.226 e. The highest BCUT2D eigenvalue weighted by atomic mass is 32.1. The van der Waals surface area contributed by atoms with E-state index in [9.17, 15) is 15.0 Å². The van der Waals surface area contributed by atoms with Crippen molar-refractivity contribution in [1.82, 2.24) is 4.98 Å². The predicted octanol–water partition coefficient (Wildman–Crippen LogP) is 2.09. The molecule has 3 rings (SSSR count). The SMILES string of the molecule is CNc1nc2c(s1)[C@H](c1cc(OC)c(O)c(O)c1OC)CC(=O)N2. The number of benzene rings is 1. The summed E-state index contributed by atoms with van der Waals surface area (Å²) in [6, 6.07) is 1.57. The molecule has 1 aromatic heterocycles. The van der Waals surface area contributed by atoms with Crippen LogP contribution in [0.25, 0.3) is 0 Å². The maximum absolute atomic E-state index is 12.1. The van der Waals surface area contributed by atoms with Gasteiger partial charge in [0, 0.05) is 24.9 Å². The van der Waals surface area contributed by atoms with Gasteiger partial charge in [-0.15, -0.1) is 0 Å².